The third kappa shape index (κ3) is 4.71. The number of phenolic OH excluding ortho intramolecular Hbond substituents is 1. The molecule has 29 heavy (non-hydrogen) atoms. The maximum atomic E-state index is 12.8. The number of aromatic hydroxyl groups is 1. The summed E-state index contributed by atoms with van der Waals surface area (Å²) in [6.07, 6.45) is 0.589. The monoisotopic (exact) mass is 415 g/mol. The smallest absolute Gasteiger partial charge is 0.237 e. The van der Waals surface area contributed by atoms with E-state index in [0.29, 0.717) is 29.1 Å². The Labute approximate surface area is 175 Å². The van der Waals surface area contributed by atoms with Crippen LogP contribution >= 0.6 is 11.6 Å². The predicted octanol–water partition coefficient (Wildman–Crippen LogP) is 2.70. The summed E-state index contributed by atoms with van der Waals surface area (Å²) in [5, 5.41) is 13.5. The summed E-state index contributed by atoms with van der Waals surface area (Å²) in [5.74, 6) is -0.403. The van der Waals surface area contributed by atoms with Crippen LogP contribution in [0.5, 0.6) is 5.75 Å². The maximum Gasteiger partial charge on any atom is 0.237 e. The van der Waals surface area contributed by atoms with Crippen LogP contribution in [0.1, 0.15) is 36.0 Å². The minimum atomic E-state index is -0.538. The third-order valence-electron chi connectivity index (χ3n) is 5.61. The fourth-order valence-corrected chi connectivity index (χ4v) is 4.25. The molecule has 3 rings (SSSR count). The maximum absolute atomic E-state index is 12.8. The number of nitrogens with one attached hydrogen (secondary N) is 1. The van der Waals surface area contributed by atoms with Crippen molar-refractivity contribution in [3.05, 3.63) is 64.2 Å². The number of carbonyl (C=O) groups excluding carboxylic acids is 2. The summed E-state index contributed by atoms with van der Waals surface area (Å²) in [6.45, 7) is 4.24. The Kier molecular flexibility index (Phi) is 6.45. The van der Waals surface area contributed by atoms with E-state index in [1.807, 2.05) is 35.2 Å². The standard InChI is InChI=1S/C22H26ClN3O3/c1-13-8-18(23)9-16(20(13)27)11-25-22(29)14(2)26-12-17(10-19(26)21(24)28)15-6-4-3-5-7-15/h3-9,14,17,19,27H,10-12H2,1-2H3,(H2,24,28)(H,25,29)/t14-,17?,19?/m0/s1. The van der Waals surface area contributed by atoms with Crippen molar-refractivity contribution in [2.45, 2.75) is 44.8 Å². The molecule has 154 valence electrons. The summed E-state index contributed by atoms with van der Waals surface area (Å²) >= 11 is 6.05. The first-order chi connectivity index (χ1) is 13.8. The van der Waals surface area contributed by atoms with Gasteiger partial charge in [-0.05, 0) is 49.4 Å². The minimum absolute atomic E-state index is 0.114. The number of hydrogen-bond donors (Lipinski definition) is 3. The van der Waals surface area contributed by atoms with Crippen LogP contribution in [0, 0.1) is 6.92 Å². The normalized spacial score (nSPS) is 20.4. The highest BCUT2D eigenvalue weighted by atomic mass is 35.5. The number of amides is 2. The molecule has 0 spiro atoms. The Bertz CT molecular complexity index is 904. The molecule has 0 aromatic heterocycles. The Morgan fingerprint density at radius 1 is 1.31 bits per heavy atom. The van der Waals surface area contributed by atoms with Gasteiger partial charge in [-0.25, -0.2) is 0 Å². The molecule has 6 nitrogen and oxygen atoms in total. The van der Waals surface area contributed by atoms with Crippen molar-refractivity contribution in [1.82, 2.24) is 10.2 Å². The van der Waals surface area contributed by atoms with Gasteiger partial charge in [-0.2, -0.15) is 0 Å². The van der Waals surface area contributed by atoms with Crippen LogP contribution in [0.25, 0.3) is 0 Å². The Hall–Kier alpha value is -2.57. The van der Waals surface area contributed by atoms with Crippen molar-refractivity contribution < 1.29 is 14.7 Å². The molecule has 2 aromatic carbocycles. The number of carbonyl (C=O) groups is 2. The van der Waals surface area contributed by atoms with E-state index in [-0.39, 0.29) is 24.1 Å². The summed E-state index contributed by atoms with van der Waals surface area (Å²) in [7, 11) is 0. The number of nitrogens with zero attached hydrogens (tertiary/aromatic N) is 1. The first-order valence-corrected chi connectivity index (χ1v) is 10.0. The minimum Gasteiger partial charge on any atom is -0.507 e. The molecule has 4 N–H and O–H groups in total. The second kappa shape index (κ2) is 8.84. The van der Waals surface area contributed by atoms with Gasteiger partial charge in [0.2, 0.25) is 11.8 Å². The van der Waals surface area contributed by atoms with Gasteiger partial charge in [-0.15, -0.1) is 0 Å². The van der Waals surface area contributed by atoms with E-state index in [2.05, 4.69) is 5.32 Å². The lowest BCUT2D eigenvalue weighted by Gasteiger charge is -2.28. The van der Waals surface area contributed by atoms with Crippen LogP contribution in [0.4, 0.5) is 0 Å². The molecule has 0 radical (unpaired) electrons. The molecule has 1 aliphatic rings. The van der Waals surface area contributed by atoms with Crippen molar-refractivity contribution in [2.24, 2.45) is 5.73 Å². The van der Waals surface area contributed by atoms with E-state index in [9.17, 15) is 14.7 Å². The summed E-state index contributed by atoms with van der Waals surface area (Å²) < 4.78 is 0. The van der Waals surface area contributed by atoms with Crippen LogP contribution < -0.4 is 11.1 Å². The predicted molar refractivity (Wildman–Crippen MR) is 113 cm³/mol. The highest BCUT2D eigenvalue weighted by Gasteiger charge is 2.40. The van der Waals surface area contributed by atoms with Crippen LogP contribution in [0.15, 0.2) is 42.5 Å². The zero-order chi connectivity index (χ0) is 21.1. The number of aryl methyl sites for hydroxylation is 1. The number of hydrogen-bond acceptors (Lipinski definition) is 4. The molecule has 2 aromatic rings. The number of benzene rings is 2. The summed E-state index contributed by atoms with van der Waals surface area (Å²) in [4.78, 5) is 26.7. The largest absolute Gasteiger partial charge is 0.507 e. The molecule has 7 heteroatoms. The van der Waals surface area contributed by atoms with Crippen molar-refractivity contribution in [1.29, 1.82) is 0 Å². The van der Waals surface area contributed by atoms with E-state index >= 15 is 0 Å². The number of likely N-dealkylation sites (tertiary alicyclic amines) is 1. The number of phenols is 1. The van der Waals surface area contributed by atoms with Crippen molar-refractivity contribution >= 4 is 23.4 Å². The van der Waals surface area contributed by atoms with E-state index in [1.165, 1.54) is 0 Å². The van der Waals surface area contributed by atoms with Crippen molar-refractivity contribution in [3.63, 3.8) is 0 Å². The molecular weight excluding hydrogens is 390 g/mol. The number of halogens is 1. The lowest BCUT2D eigenvalue weighted by atomic mass is 9.96. The SMILES string of the molecule is Cc1cc(Cl)cc(CNC(=O)[C@H](C)N2CC(c3ccccc3)CC2C(N)=O)c1O. The Morgan fingerprint density at radius 3 is 2.66 bits per heavy atom. The second-order valence-electron chi connectivity index (χ2n) is 7.58. The van der Waals surface area contributed by atoms with Gasteiger partial charge >= 0.3 is 0 Å². The van der Waals surface area contributed by atoms with Gasteiger partial charge in [0, 0.05) is 23.7 Å². The highest BCUT2D eigenvalue weighted by Crippen LogP contribution is 2.33. The second-order valence-corrected chi connectivity index (χ2v) is 8.02. The van der Waals surface area contributed by atoms with Crippen molar-refractivity contribution in [2.75, 3.05) is 6.54 Å². The van der Waals surface area contributed by atoms with Gasteiger partial charge < -0.3 is 16.2 Å². The molecule has 0 saturated carbocycles. The Balaban J connectivity index is 1.70. The molecule has 2 unspecified atom stereocenters. The molecule has 1 fully saturated rings. The lowest BCUT2D eigenvalue weighted by molar-refractivity contribution is -0.129. The third-order valence-corrected chi connectivity index (χ3v) is 5.83. The van der Waals surface area contributed by atoms with Gasteiger partial charge in [0.1, 0.15) is 5.75 Å². The number of rotatable bonds is 6. The first kappa shape index (κ1) is 21.1. The first-order valence-electron chi connectivity index (χ1n) is 9.63. The fourth-order valence-electron chi connectivity index (χ4n) is 3.96. The van der Waals surface area contributed by atoms with Crippen LogP contribution in [0.3, 0.4) is 0 Å². The topological polar surface area (TPSA) is 95.7 Å². The molecule has 1 saturated heterocycles. The van der Waals surface area contributed by atoms with Crippen LogP contribution in [-0.2, 0) is 16.1 Å². The zero-order valence-electron chi connectivity index (χ0n) is 16.6. The molecule has 0 aliphatic carbocycles. The fraction of sp³-hybridized carbons (Fsp3) is 0.364. The average molecular weight is 416 g/mol. The van der Waals surface area contributed by atoms with Gasteiger partial charge in [-0.1, -0.05) is 41.9 Å². The average Bonchev–Trinajstić information content (AvgIpc) is 3.15. The summed E-state index contributed by atoms with van der Waals surface area (Å²) in [6, 6.07) is 12.2. The molecule has 0 bridgehead atoms. The molecule has 1 heterocycles. The van der Waals surface area contributed by atoms with E-state index in [4.69, 9.17) is 17.3 Å². The van der Waals surface area contributed by atoms with E-state index < -0.39 is 18.0 Å². The van der Waals surface area contributed by atoms with Crippen LogP contribution in [-0.4, -0.2) is 40.4 Å². The van der Waals surface area contributed by atoms with Gasteiger partial charge in [0.05, 0.1) is 12.1 Å². The van der Waals surface area contributed by atoms with Gasteiger partial charge in [0.15, 0.2) is 0 Å². The molecule has 3 atom stereocenters. The zero-order valence-corrected chi connectivity index (χ0v) is 17.3. The van der Waals surface area contributed by atoms with Gasteiger partial charge in [0.25, 0.3) is 0 Å². The quantitative estimate of drug-likeness (QED) is 0.675. The molecule has 1 aliphatic heterocycles. The lowest BCUT2D eigenvalue weighted by Crippen LogP contribution is -2.51. The Morgan fingerprint density at radius 2 is 2.00 bits per heavy atom. The van der Waals surface area contributed by atoms with Crippen molar-refractivity contribution in [3.8, 4) is 5.75 Å². The number of nitrogens with two attached hydrogens (primary N) is 1. The number of primary amides is 1. The molecule has 2 amide bonds. The van der Waals surface area contributed by atoms with Gasteiger partial charge in [-0.3, -0.25) is 14.5 Å². The molecular formula is C22H26ClN3O3. The summed E-state index contributed by atoms with van der Waals surface area (Å²) in [5.41, 5.74) is 7.95. The van der Waals surface area contributed by atoms with Crippen LogP contribution in [0.2, 0.25) is 5.02 Å². The highest BCUT2D eigenvalue weighted by molar-refractivity contribution is 6.30. The van der Waals surface area contributed by atoms with E-state index in [1.54, 1.807) is 26.0 Å². The van der Waals surface area contributed by atoms with E-state index in [0.717, 1.165) is 5.56 Å².